The van der Waals surface area contributed by atoms with Gasteiger partial charge in [-0.25, -0.2) is 4.39 Å². The predicted molar refractivity (Wildman–Crippen MR) is 124 cm³/mol. The summed E-state index contributed by atoms with van der Waals surface area (Å²) in [6, 6.07) is 16.3. The fraction of sp³-hybridized carbons (Fsp3) is 0.200. The van der Waals surface area contributed by atoms with Crippen molar-refractivity contribution in [3.05, 3.63) is 104 Å². The van der Waals surface area contributed by atoms with Gasteiger partial charge in [0, 0.05) is 46.4 Å². The highest BCUT2D eigenvalue weighted by atomic mass is 35.5. The molecule has 1 N–H and O–H groups in total. The minimum absolute atomic E-state index is 0.103. The van der Waals surface area contributed by atoms with Crippen LogP contribution >= 0.6 is 11.6 Å². The maximum Gasteiger partial charge on any atom is 0.269 e. The average Bonchev–Trinajstić information content (AvgIpc) is 3.29. The number of nitrogens with zero attached hydrogens (tertiary/aromatic N) is 2. The number of hydrogen-bond acceptors (Lipinski definition) is 5. The number of rotatable bonds is 4. The van der Waals surface area contributed by atoms with E-state index in [9.17, 15) is 24.1 Å². The molecular formula is C25H19ClFN3O4. The molecular weight excluding hydrogens is 461 g/mol. The molecule has 1 saturated heterocycles. The molecule has 172 valence electrons. The van der Waals surface area contributed by atoms with Crippen molar-refractivity contribution in [2.45, 2.75) is 11.5 Å². The molecule has 7 nitrogen and oxygen atoms in total. The van der Waals surface area contributed by atoms with Gasteiger partial charge in [0.15, 0.2) is 5.78 Å². The van der Waals surface area contributed by atoms with E-state index in [-0.39, 0.29) is 29.5 Å². The minimum Gasteiger partial charge on any atom is -0.324 e. The molecule has 5 rings (SSSR count). The van der Waals surface area contributed by atoms with Gasteiger partial charge < -0.3 is 5.32 Å². The van der Waals surface area contributed by atoms with Gasteiger partial charge in [0.25, 0.3) is 5.69 Å². The molecule has 3 aromatic rings. The summed E-state index contributed by atoms with van der Waals surface area (Å²) in [6.45, 7) is 0.290. The number of hydrogen-bond donors (Lipinski definition) is 1. The zero-order chi connectivity index (χ0) is 24.2. The van der Waals surface area contributed by atoms with Crippen molar-refractivity contribution in [3.8, 4) is 0 Å². The van der Waals surface area contributed by atoms with Crippen molar-refractivity contribution < 1.29 is 18.9 Å². The molecule has 0 bridgehead atoms. The Kier molecular flexibility index (Phi) is 5.22. The maximum atomic E-state index is 14.0. The Morgan fingerprint density at radius 3 is 2.62 bits per heavy atom. The van der Waals surface area contributed by atoms with Crippen molar-refractivity contribution in [2.24, 2.45) is 5.92 Å². The second-order valence-corrected chi connectivity index (χ2v) is 9.03. The van der Waals surface area contributed by atoms with E-state index in [1.54, 1.807) is 42.3 Å². The number of benzene rings is 3. The van der Waals surface area contributed by atoms with Crippen LogP contribution in [0.25, 0.3) is 0 Å². The van der Waals surface area contributed by atoms with Crippen LogP contribution in [-0.4, -0.2) is 35.1 Å². The number of carbonyl (C=O) groups excluding carboxylic acids is 2. The van der Waals surface area contributed by atoms with Crippen LogP contribution in [0.15, 0.2) is 66.7 Å². The molecule has 3 atom stereocenters. The highest BCUT2D eigenvalue weighted by Crippen LogP contribution is 2.56. The summed E-state index contributed by atoms with van der Waals surface area (Å²) in [7, 11) is 1.75. The van der Waals surface area contributed by atoms with Crippen molar-refractivity contribution in [1.82, 2.24) is 4.90 Å². The topological polar surface area (TPSA) is 92.5 Å². The second-order valence-electron chi connectivity index (χ2n) is 8.60. The highest BCUT2D eigenvalue weighted by Gasteiger charge is 2.64. The Morgan fingerprint density at radius 2 is 1.91 bits per heavy atom. The van der Waals surface area contributed by atoms with E-state index in [4.69, 9.17) is 11.6 Å². The second kappa shape index (κ2) is 8.00. The Labute approximate surface area is 199 Å². The number of carbonyl (C=O) groups is 2. The molecule has 9 heteroatoms. The lowest BCUT2D eigenvalue weighted by Crippen LogP contribution is -2.51. The standard InChI is InChI=1S/C25H19ClFN3O4/c1-29-13-19(15-3-2-4-18(11-15)30(33)34)22(23(31)14-5-8-17(27)9-6-14)25(29)20-12-16(26)7-10-21(20)28-24(25)32/h2-12,19,22H,13H2,1H3,(H,28,32)/t19-,22-,25+/m1/s1. The molecule has 34 heavy (non-hydrogen) atoms. The number of amides is 1. The first-order chi connectivity index (χ1) is 16.2. The molecule has 1 spiro atoms. The molecule has 0 aromatic heterocycles. The van der Waals surface area contributed by atoms with E-state index in [2.05, 4.69) is 5.32 Å². The van der Waals surface area contributed by atoms with E-state index in [1.165, 1.54) is 36.4 Å². The highest BCUT2D eigenvalue weighted by molar-refractivity contribution is 6.31. The van der Waals surface area contributed by atoms with E-state index >= 15 is 0 Å². The van der Waals surface area contributed by atoms with Gasteiger partial charge in [-0.1, -0.05) is 23.7 Å². The number of nitro benzene ring substituents is 1. The quantitative estimate of drug-likeness (QED) is 0.331. The number of ketones is 1. The van der Waals surface area contributed by atoms with E-state index in [0.717, 1.165) is 0 Å². The number of non-ortho nitro benzene ring substituents is 1. The van der Waals surface area contributed by atoms with Crippen LogP contribution < -0.4 is 5.32 Å². The minimum atomic E-state index is -1.39. The van der Waals surface area contributed by atoms with Gasteiger partial charge in [-0.2, -0.15) is 0 Å². The lowest BCUT2D eigenvalue weighted by atomic mass is 9.70. The Balaban J connectivity index is 1.74. The third-order valence-electron chi connectivity index (χ3n) is 6.83. The number of halogens is 2. The molecule has 0 radical (unpaired) electrons. The number of anilines is 1. The van der Waals surface area contributed by atoms with Gasteiger partial charge in [0.1, 0.15) is 11.4 Å². The number of fused-ring (bicyclic) bond motifs is 2. The molecule has 2 aliphatic heterocycles. The van der Waals surface area contributed by atoms with Crippen LogP contribution in [0.4, 0.5) is 15.8 Å². The van der Waals surface area contributed by atoms with Crippen LogP contribution in [0.1, 0.15) is 27.4 Å². The summed E-state index contributed by atoms with van der Waals surface area (Å²) in [6.07, 6.45) is 0. The number of likely N-dealkylation sites (N-methyl/N-ethyl adjacent to an activating group) is 1. The van der Waals surface area contributed by atoms with Crippen LogP contribution in [0.5, 0.6) is 0 Å². The first-order valence-electron chi connectivity index (χ1n) is 10.6. The fourth-order valence-corrected chi connectivity index (χ4v) is 5.55. The van der Waals surface area contributed by atoms with Gasteiger partial charge in [-0.3, -0.25) is 24.6 Å². The first kappa shape index (κ1) is 22.2. The van der Waals surface area contributed by atoms with Gasteiger partial charge in [-0.15, -0.1) is 0 Å². The maximum absolute atomic E-state index is 14.0. The SMILES string of the molecule is CN1C[C@H](c2cccc([N+](=O)[O-])c2)[C@H](C(=O)c2ccc(F)cc2)[C@@]12C(=O)Nc1ccc(Cl)cc12. The van der Waals surface area contributed by atoms with Crippen LogP contribution in [0, 0.1) is 21.8 Å². The van der Waals surface area contributed by atoms with Gasteiger partial charge in [0.05, 0.1) is 10.8 Å². The monoisotopic (exact) mass is 479 g/mol. The summed E-state index contributed by atoms with van der Waals surface area (Å²) in [5, 5.41) is 14.7. The zero-order valence-corrected chi connectivity index (χ0v) is 18.8. The Bertz CT molecular complexity index is 1350. The number of nitro groups is 1. The Hall–Kier alpha value is -3.62. The number of Topliss-reactive ketones (excluding diaryl/α,β-unsaturated/α-hetero) is 1. The molecule has 2 aliphatic rings. The van der Waals surface area contributed by atoms with Crippen molar-refractivity contribution >= 4 is 34.7 Å². The van der Waals surface area contributed by atoms with Crippen molar-refractivity contribution in [3.63, 3.8) is 0 Å². The van der Waals surface area contributed by atoms with E-state index in [0.29, 0.717) is 21.8 Å². The summed E-state index contributed by atoms with van der Waals surface area (Å²) in [5.41, 5.74) is 0.453. The van der Waals surface area contributed by atoms with E-state index < -0.39 is 28.1 Å². The first-order valence-corrected chi connectivity index (χ1v) is 11.0. The van der Waals surface area contributed by atoms with Gasteiger partial charge >= 0.3 is 0 Å². The average molecular weight is 480 g/mol. The van der Waals surface area contributed by atoms with Crippen molar-refractivity contribution in [2.75, 3.05) is 18.9 Å². The molecule has 3 aromatic carbocycles. The predicted octanol–water partition coefficient (Wildman–Crippen LogP) is 4.76. The van der Waals surface area contributed by atoms with Gasteiger partial charge in [0.2, 0.25) is 5.91 Å². The molecule has 1 fully saturated rings. The lowest BCUT2D eigenvalue weighted by Gasteiger charge is -2.35. The van der Waals surface area contributed by atoms with Crippen LogP contribution in [0.2, 0.25) is 5.02 Å². The van der Waals surface area contributed by atoms with Crippen molar-refractivity contribution in [1.29, 1.82) is 0 Å². The zero-order valence-electron chi connectivity index (χ0n) is 18.0. The third-order valence-corrected chi connectivity index (χ3v) is 7.07. The summed E-state index contributed by atoms with van der Waals surface area (Å²) < 4.78 is 13.6. The molecule has 0 aliphatic carbocycles. The summed E-state index contributed by atoms with van der Waals surface area (Å²) in [4.78, 5) is 40.4. The largest absolute Gasteiger partial charge is 0.324 e. The summed E-state index contributed by atoms with van der Waals surface area (Å²) >= 11 is 6.29. The Morgan fingerprint density at radius 1 is 1.18 bits per heavy atom. The smallest absolute Gasteiger partial charge is 0.269 e. The van der Waals surface area contributed by atoms with E-state index in [1.807, 2.05) is 0 Å². The fourth-order valence-electron chi connectivity index (χ4n) is 5.37. The molecule has 0 saturated carbocycles. The number of likely N-dealkylation sites (tertiary alicyclic amines) is 1. The van der Waals surface area contributed by atoms with Gasteiger partial charge in [-0.05, 0) is 55.1 Å². The van der Waals surface area contributed by atoms with Crippen LogP contribution in [-0.2, 0) is 10.3 Å². The lowest BCUT2D eigenvalue weighted by molar-refractivity contribution is -0.384. The normalized spacial score (nSPS) is 23.7. The summed E-state index contributed by atoms with van der Waals surface area (Å²) in [5.74, 6) is -2.70. The van der Waals surface area contributed by atoms with Crippen LogP contribution in [0.3, 0.4) is 0 Å². The number of nitrogens with one attached hydrogen (secondary N) is 1. The third kappa shape index (κ3) is 3.21. The molecule has 1 amide bonds. The molecule has 2 heterocycles. The molecule has 0 unspecified atom stereocenters.